The van der Waals surface area contributed by atoms with Crippen LogP contribution >= 0.6 is 0 Å². The summed E-state index contributed by atoms with van der Waals surface area (Å²) >= 11 is 0. The zero-order valence-electron chi connectivity index (χ0n) is 16.1. The van der Waals surface area contributed by atoms with Crippen molar-refractivity contribution in [1.29, 1.82) is 5.26 Å². The van der Waals surface area contributed by atoms with Gasteiger partial charge in [0.25, 0.3) is 0 Å². The predicted octanol–water partition coefficient (Wildman–Crippen LogP) is 2.82. The van der Waals surface area contributed by atoms with Gasteiger partial charge in [0, 0.05) is 37.6 Å². The molecule has 146 valence electrons. The molecule has 1 saturated heterocycles. The number of methoxy groups -OCH3 is 1. The Morgan fingerprint density at radius 3 is 2.52 bits per heavy atom. The van der Waals surface area contributed by atoms with Crippen LogP contribution < -0.4 is 19.9 Å². The van der Waals surface area contributed by atoms with Gasteiger partial charge in [-0.1, -0.05) is 6.07 Å². The van der Waals surface area contributed by atoms with E-state index in [0.29, 0.717) is 17.3 Å². The third-order valence-electron chi connectivity index (χ3n) is 4.81. The largest absolute Gasteiger partial charge is 0.497 e. The minimum Gasteiger partial charge on any atom is -0.497 e. The number of ether oxygens (including phenoxy) is 1. The van der Waals surface area contributed by atoms with Gasteiger partial charge in [-0.15, -0.1) is 5.10 Å². The molecule has 1 aromatic heterocycles. The van der Waals surface area contributed by atoms with Gasteiger partial charge in [0.2, 0.25) is 5.95 Å². The van der Waals surface area contributed by atoms with Crippen LogP contribution in [0.25, 0.3) is 0 Å². The van der Waals surface area contributed by atoms with Gasteiger partial charge < -0.3 is 19.9 Å². The van der Waals surface area contributed by atoms with Crippen molar-refractivity contribution >= 4 is 23.1 Å². The SMILES string of the molecule is COc1ccc(N2CCN(c3nncc(Nc4cccc(C#N)c4)n3)CC2)cc1. The summed E-state index contributed by atoms with van der Waals surface area (Å²) in [7, 11) is 1.67. The van der Waals surface area contributed by atoms with E-state index in [1.165, 1.54) is 5.69 Å². The molecule has 0 amide bonds. The first-order valence-electron chi connectivity index (χ1n) is 9.36. The highest BCUT2D eigenvalue weighted by Crippen LogP contribution is 2.22. The number of aromatic nitrogens is 3. The molecule has 0 aliphatic carbocycles. The van der Waals surface area contributed by atoms with Crippen LogP contribution in [0, 0.1) is 11.3 Å². The van der Waals surface area contributed by atoms with Crippen molar-refractivity contribution in [2.45, 2.75) is 0 Å². The van der Waals surface area contributed by atoms with Gasteiger partial charge in [-0.05, 0) is 42.5 Å². The number of nitrogens with one attached hydrogen (secondary N) is 1. The molecular formula is C21H21N7O. The van der Waals surface area contributed by atoms with Gasteiger partial charge in [-0.3, -0.25) is 0 Å². The maximum Gasteiger partial charge on any atom is 0.247 e. The molecule has 8 nitrogen and oxygen atoms in total. The van der Waals surface area contributed by atoms with Crippen molar-refractivity contribution < 1.29 is 4.74 Å². The highest BCUT2D eigenvalue weighted by atomic mass is 16.5. The van der Waals surface area contributed by atoms with Gasteiger partial charge in [-0.2, -0.15) is 15.3 Å². The highest BCUT2D eigenvalue weighted by Gasteiger charge is 2.20. The molecule has 1 aliphatic heterocycles. The molecule has 1 fully saturated rings. The van der Waals surface area contributed by atoms with E-state index in [1.54, 1.807) is 25.4 Å². The fourth-order valence-electron chi connectivity index (χ4n) is 3.26. The van der Waals surface area contributed by atoms with Crippen LogP contribution in [0.5, 0.6) is 5.75 Å². The maximum absolute atomic E-state index is 9.04. The van der Waals surface area contributed by atoms with E-state index in [4.69, 9.17) is 10.00 Å². The fraction of sp³-hybridized carbons (Fsp3) is 0.238. The second kappa shape index (κ2) is 8.44. The van der Waals surface area contributed by atoms with Gasteiger partial charge in [0.15, 0.2) is 5.82 Å². The molecule has 0 atom stereocenters. The standard InChI is InChI=1S/C21H21N7O/c1-29-19-7-5-18(6-8-19)27-9-11-28(12-10-27)21-25-20(15-23-26-21)24-17-4-2-3-16(13-17)14-22/h2-8,13,15H,9-12H2,1H3,(H,24,25,26). The lowest BCUT2D eigenvalue weighted by Gasteiger charge is -2.36. The minimum absolute atomic E-state index is 0.590. The molecular weight excluding hydrogens is 366 g/mol. The molecule has 3 aromatic rings. The summed E-state index contributed by atoms with van der Waals surface area (Å²) in [6.45, 7) is 3.36. The maximum atomic E-state index is 9.04. The summed E-state index contributed by atoms with van der Waals surface area (Å²) in [4.78, 5) is 9.05. The van der Waals surface area contributed by atoms with Crippen LogP contribution in [0.4, 0.5) is 23.1 Å². The van der Waals surface area contributed by atoms with Gasteiger partial charge in [0.05, 0.1) is 24.9 Å². The van der Waals surface area contributed by atoms with Crippen LogP contribution in [-0.2, 0) is 0 Å². The molecule has 0 unspecified atom stereocenters. The Kier molecular flexibility index (Phi) is 5.38. The van der Waals surface area contributed by atoms with Gasteiger partial charge in [-0.25, -0.2) is 0 Å². The Hall–Kier alpha value is -3.86. The summed E-state index contributed by atoms with van der Waals surface area (Å²) in [5, 5.41) is 20.5. The van der Waals surface area contributed by atoms with Crippen LogP contribution in [0.15, 0.2) is 54.7 Å². The summed E-state index contributed by atoms with van der Waals surface area (Å²) in [6.07, 6.45) is 1.58. The Labute approximate surface area is 169 Å². The van der Waals surface area contributed by atoms with E-state index in [-0.39, 0.29) is 0 Å². The van der Waals surface area contributed by atoms with Crippen molar-refractivity contribution in [2.24, 2.45) is 0 Å². The molecule has 2 heterocycles. The number of rotatable bonds is 5. The summed E-state index contributed by atoms with van der Waals surface area (Å²) in [5.41, 5.74) is 2.56. The monoisotopic (exact) mass is 387 g/mol. The molecule has 0 bridgehead atoms. The summed E-state index contributed by atoms with van der Waals surface area (Å²) < 4.78 is 5.23. The van der Waals surface area contributed by atoms with Crippen LogP contribution in [0.3, 0.4) is 0 Å². The van der Waals surface area contributed by atoms with Crippen LogP contribution in [-0.4, -0.2) is 48.5 Å². The Morgan fingerprint density at radius 2 is 1.79 bits per heavy atom. The number of hydrogen-bond donors (Lipinski definition) is 1. The third-order valence-corrected chi connectivity index (χ3v) is 4.81. The average molecular weight is 387 g/mol. The number of piperazine rings is 1. The van der Waals surface area contributed by atoms with Gasteiger partial charge in [0.1, 0.15) is 5.75 Å². The summed E-state index contributed by atoms with van der Waals surface area (Å²) in [5.74, 6) is 2.06. The first-order valence-corrected chi connectivity index (χ1v) is 9.36. The predicted molar refractivity (Wildman–Crippen MR) is 112 cm³/mol. The van der Waals surface area contributed by atoms with Crippen molar-refractivity contribution in [3.05, 3.63) is 60.3 Å². The van der Waals surface area contributed by atoms with Crippen molar-refractivity contribution in [2.75, 3.05) is 48.4 Å². The minimum atomic E-state index is 0.590. The molecule has 29 heavy (non-hydrogen) atoms. The second-order valence-electron chi connectivity index (χ2n) is 6.63. The van der Waals surface area contributed by atoms with Crippen molar-refractivity contribution in [3.63, 3.8) is 0 Å². The molecule has 1 N–H and O–H groups in total. The highest BCUT2D eigenvalue weighted by molar-refractivity contribution is 5.59. The van der Waals surface area contributed by atoms with E-state index >= 15 is 0 Å². The normalized spacial score (nSPS) is 13.7. The van der Waals surface area contributed by atoms with Crippen molar-refractivity contribution in [3.8, 4) is 11.8 Å². The fourth-order valence-corrected chi connectivity index (χ4v) is 3.26. The molecule has 1 aliphatic rings. The number of anilines is 4. The zero-order chi connectivity index (χ0) is 20.1. The Bertz CT molecular complexity index is 1010. The molecule has 0 spiro atoms. The van der Waals surface area contributed by atoms with E-state index in [1.807, 2.05) is 24.3 Å². The summed E-state index contributed by atoms with van der Waals surface area (Å²) in [6, 6.07) is 17.5. The first kappa shape index (κ1) is 18.5. The quantitative estimate of drug-likeness (QED) is 0.715. The zero-order valence-corrected chi connectivity index (χ0v) is 16.1. The smallest absolute Gasteiger partial charge is 0.247 e. The number of benzene rings is 2. The average Bonchev–Trinajstić information content (AvgIpc) is 2.79. The van der Waals surface area contributed by atoms with Gasteiger partial charge >= 0.3 is 0 Å². The lowest BCUT2D eigenvalue weighted by molar-refractivity contribution is 0.415. The first-order chi connectivity index (χ1) is 14.2. The number of hydrogen-bond acceptors (Lipinski definition) is 8. The van der Waals surface area contributed by atoms with E-state index in [9.17, 15) is 0 Å². The molecule has 0 saturated carbocycles. The molecule has 0 radical (unpaired) electrons. The number of nitriles is 1. The van der Waals surface area contributed by atoms with Crippen LogP contribution in [0.2, 0.25) is 0 Å². The lowest BCUT2D eigenvalue weighted by atomic mass is 10.2. The van der Waals surface area contributed by atoms with Crippen LogP contribution in [0.1, 0.15) is 5.56 Å². The van der Waals surface area contributed by atoms with E-state index in [0.717, 1.165) is 37.6 Å². The molecule has 2 aromatic carbocycles. The molecule has 4 rings (SSSR count). The Morgan fingerprint density at radius 1 is 1.03 bits per heavy atom. The van der Waals surface area contributed by atoms with Crippen molar-refractivity contribution in [1.82, 2.24) is 15.2 Å². The third kappa shape index (κ3) is 4.35. The second-order valence-corrected chi connectivity index (χ2v) is 6.63. The Balaban J connectivity index is 1.40. The van der Waals surface area contributed by atoms with E-state index in [2.05, 4.69) is 48.5 Å². The van der Waals surface area contributed by atoms with E-state index < -0.39 is 0 Å². The molecule has 8 heteroatoms. The topological polar surface area (TPSA) is 90.2 Å². The lowest BCUT2D eigenvalue weighted by Crippen LogP contribution is -2.47. The number of nitrogens with zero attached hydrogens (tertiary/aromatic N) is 6.